The standard InChI is InChI=1S/C14H26N2O3S/c1-20-12-8-6-7-11(12)16-14(19)15-10-5-3-2-4-9-13(17)18/h11-12H,2-10H2,1H3,(H,17,18)(H2,15,16,19). The Morgan fingerprint density at radius 3 is 2.65 bits per heavy atom. The number of carboxylic acid groups (broad SMARTS) is 1. The maximum atomic E-state index is 11.7. The molecular weight excluding hydrogens is 276 g/mol. The van der Waals surface area contributed by atoms with Gasteiger partial charge in [-0.25, -0.2) is 4.79 Å². The van der Waals surface area contributed by atoms with Crippen LogP contribution >= 0.6 is 11.8 Å². The lowest BCUT2D eigenvalue weighted by molar-refractivity contribution is -0.137. The number of amides is 2. The number of urea groups is 1. The van der Waals surface area contributed by atoms with Crippen molar-refractivity contribution in [1.82, 2.24) is 10.6 Å². The fourth-order valence-corrected chi connectivity index (χ4v) is 3.48. The van der Waals surface area contributed by atoms with Gasteiger partial charge in [0.2, 0.25) is 0 Å². The van der Waals surface area contributed by atoms with Crippen molar-refractivity contribution in [2.45, 2.75) is 62.7 Å². The average molecular weight is 302 g/mol. The van der Waals surface area contributed by atoms with Crippen molar-refractivity contribution in [3.05, 3.63) is 0 Å². The van der Waals surface area contributed by atoms with E-state index in [1.54, 1.807) is 0 Å². The number of nitrogens with one attached hydrogen (secondary N) is 2. The Bertz CT molecular complexity index is 313. The van der Waals surface area contributed by atoms with E-state index >= 15 is 0 Å². The monoisotopic (exact) mass is 302 g/mol. The second-order valence-electron chi connectivity index (χ2n) is 5.27. The first-order valence-electron chi connectivity index (χ1n) is 7.42. The number of thioether (sulfide) groups is 1. The van der Waals surface area contributed by atoms with Gasteiger partial charge in [0, 0.05) is 24.3 Å². The first kappa shape index (κ1) is 17.1. The van der Waals surface area contributed by atoms with Gasteiger partial charge in [-0.05, 0) is 31.9 Å². The molecule has 0 saturated heterocycles. The van der Waals surface area contributed by atoms with E-state index in [-0.39, 0.29) is 12.5 Å². The van der Waals surface area contributed by atoms with E-state index in [1.807, 2.05) is 11.8 Å². The molecule has 2 amide bonds. The van der Waals surface area contributed by atoms with Crippen molar-refractivity contribution in [1.29, 1.82) is 0 Å². The molecule has 2 unspecified atom stereocenters. The zero-order valence-corrected chi connectivity index (χ0v) is 13.0. The molecule has 2 atom stereocenters. The predicted molar refractivity (Wildman–Crippen MR) is 82.2 cm³/mol. The summed E-state index contributed by atoms with van der Waals surface area (Å²) in [5, 5.41) is 15.0. The van der Waals surface area contributed by atoms with Gasteiger partial charge in [-0.3, -0.25) is 4.79 Å². The summed E-state index contributed by atoms with van der Waals surface area (Å²) < 4.78 is 0. The van der Waals surface area contributed by atoms with Crippen molar-refractivity contribution in [2.24, 2.45) is 0 Å². The summed E-state index contributed by atoms with van der Waals surface area (Å²) in [5.74, 6) is -0.734. The summed E-state index contributed by atoms with van der Waals surface area (Å²) in [7, 11) is 0. The largest absolute Gasteiger partial charge is 0.481 e. The Morgan fingerprint density at radius 1 is 1.20 bits per heavy atom. The number of unbranched alkanes of at least 4 members (excludes halogenated alkanes) is 3. The maximum absolute atomic E-state index is 11.7. The molecule has 1 aliphatic rings. The van der Waals surface area contributed by atoms with Gasteiger partial charge in [-0.1, -0.05) is 19.3 Å². The molecule has 0 spiro atoms. The summed E-state index contributed by atoms with van der Waals surface area (Å²) in [4.78, 5) is 22.1. The van der Waals surface area contributed by atoms with Crippen LogP contribution in [0, 0.1) is 0 Å². The van der Waals surface area contributed by atoms with E-state index in [0.717, 1.165) is 32.1 Å². The predicted octanol–water partition coefficient (Wildman–Crippen LogP) is 2.60. The number of carbonyl (C=O) groups is 2. The zero-order chi connectivity index (χ0) is 14.8. The zero-order valence-electron chi connectivity index (χ0n) is 12.2. The van der Waals surface area contributed by atoms with E-state index in [2.05, 4.69) is 16.9 Å². The van der Waals surface area contributed by atoms with Gasteiger partial charge < -0.3 is 15.7 Å². The lowest BCUT2D eigenvalue weighted by atomic mass is 10.1. The summed E-state index contributed by atoms with van der Waals surface area (Å²) in [5.41, 5.74) is 0. The first-order chi connectivity index (χ1) is 9.63. The molecule has 1 aliphatic carbocycles. The second kappa shape index (κ2) is 9.91. The van der Waals surface area contributed by atoms with E-state index in [9.17, 15) is 9.59 Å². The molecule has 0 heterocycles. The highest BCUT2D eigenvalue weighted by Crippen LogP contribution is 2.28. The molecule has 0 aromatic carbocycles. The second-order valence-corrected chi connectivity index (χ2v) is 6.35. The average Bonchev–Trinajstić information content (AvgIpc) is 2.84. The van der Waals surface area contributed by atoms with Crippen molar-refractivity contribution in [3.63, 3.8) is 0 Å². The Labute approximate surface area is 125 Å². The Balaban J connectivity index is 1.99. The molecule has 0 aliphatic heterocycles. The third-order valence-electron chi connectivity index (χ3n) is 3.67. The maximum Gasteiger partial charge on any atom is 0.315 e. The Morgan fingerprint density at radius 2 is 1.95 bits per heavy atom. The lowest BCUT2D eigenvalue weighted by Gasteiger charge is -2.19. The molecule has 0 radical (unpaired) electrons. The molecule has 6 heteroatoms. The van der Waals surface area contributed by atoms with Crippen LogP contribution in [0.25, 0.3) is 0 Å². The fourth-order valence-electron chi connectivity index (χ4n) is 2.55. The molecule has 1 fully saturated rings. The van der Waals surface area contributed by atoms with Gasteiger partial charge in [0.1, 0.15) is 0 Å². The van der Waals surface area contributed by atoms with E-state index in [4.69, 9.17) is 5.11 Å². The minimum Gasteiger partial charge on any atom is -0.481 e. The lowest BCUT2D eigenvalue weighted by Crippen LogP contribution is -2.44. The van der Waals surface area contributed by atoms with Crippen LogP contribution in [0.1, 0.15) is 51.4 Å². The molecule has 0 aromatic heterocycles. The molecule has 0 bridgehead atoms. The molecule has 3 N–H and O–H groups in total. The third-order valence-corrected chi connectivity index (χ3v) is 4.84. The van der Waals surface area contributed by atoms with Gasteiger partial charge >= 0.3 is 12.0 Å². The molecular formula is C14H26N2O3S. The van der Waals surface area contributed by atoms with Gasteiger partial charge in [0.05, 0.1) is 0 Å². The molecule has 5 nitrogen and oxygen atoms in total. The van der Waals surface area contributed by atoms with E-state index in [0.29, 0.717) is 17.8 Å². The minimum atomic E-state index is -0.734. The molecule has 20 heavy (non-hydrogen) atoms. The number of carboxylic acids is 1. The minimum absolute atomic E-state index is 0.0681. The first-order valence-corrected chi connectivity index (χ1v) is 8.71. The third kappa shape index (κ3) is 7.03. The molecule has 1 rings (SSSR count). The van der Waals surface area contributed by atoms with Crippen molar-refractivity contribution in [3.8, 4) is 0 Å². The summed E-state index contributed by atoms with van der Waals surface area (Å²) in [6.45, 7) is 0.662. The highest BCUT2D eigenvalue weighted by Gasteiger charge is 2.27. The van der Waals surface area contributed by atoms with Crippen molar-refractivity contribution in [2.75, 3.05) is 12.8 Å². The van der Waals surface area contributed by atoms with Gasteiger partial charge in [0.15, 0.2) is 0 Å². The van der Waals surface area contributed by atoms with Crippen LogP contribution in [0.2, 0.25) is 0 Å². The highest BCUT2D eigenvalue weighted by molar-refractivity contribution is 7.99. The normalized spacial score (nSPS) is 21.6. The summed E-state index contributed by atoms with van der Waals surface area (Å²) >= 11 is 1.83. The van der Waals surface area contributed by atoms with Crippen LogP contribution in [0.3, 0.4) is 0 Å². The van der Waals surface area contributed by atoms with E-state index < -0.39 is 5.97 Å². The summed E-state index contributed by atoms with van der Waals surface area (Å²) in [6.07, 6.45) is 9.30. The van der Waals surface area contributed by atoms with Crippen LogP contribution in [-0.4, -0.2) is 41.2 Å². The smallest absolute Gasteiger partial charge is 0.315 e. The van der Waals surface area contributed by atoms with Crippen LogP contribution in [0.5, 0.6) is 0 Å². The number of hydrogen-bond acceptors (Lipinski definition) is 3. The van der Waals surface area contributed by atoms with Crippen LogP contribution in [-0.2, 0) is 4.79 Å². The van der Waals surface area contributed by atoms with Gasteiger partial charge in [0.25, 0.3) is 0 Å². The Kier molecular flexibility index (Phi) is 8.49. The van der Waals surface area contributed by atoms with Crippen molar-refractivity contribution >= 4 is 23.8 Å². The van der Waals surface area contributed by atoms with Crippen LogP contribution < -0.4 is 10.6 Å². The number of rotatable bonds is 9. The molecule has 116 valence electrons. The Hall–Kier alpha value is -0.910. The summed E-state index contributed by atoms with van der Waals surface area (Å²) in [6, 6.07) is 0.238. The molecule has 1 saturated carbocycles. The molecule has 0 aromatic rings. The van der Waals surface area contributed by atoms with Crippen molar-refractivity contribution < 1.29 is 14.7 Å². The topological polar surface area (TPSA) is 78.4 Å². The number of aliphatic carboxylic acids is 1. The quantitative estimate of drug-likeness (QED) is 0.572. The SMILES string of the molecule is CSC1CCCC1NC(=O)NCCCCCCC(=O)O. The number of hydrogen-bond donors (Lipinski definition) is 3. The van der Waals surface area contributed by atoms with Crippen LogP contribution in [0.15, 0.2) is 0 Å². The number of carbonyl (C=O) groups excluding carboxylic acids is 1. The van der Waals surface area contributed by atoms with Crippen LogP contribution in [0.4, 0.5) is 4.79 Å². The van der Waals surface area contributed by atoms with E-state index in [1.165, 1.54) is 12.8 Å². The van der Waals surface area contributed by atoms with Gasteiger partial charge in [-0.2, -0.15) is 11.8 Å². The highest BCUT2D eigenvalue weighted by atomic mass is 32.2. The fraction of sp³-hybridized carbons (Fsp3) is 0.857. The van der Waals surface area contributed by atoms with Gasteiger partial charge in [-0.15, -0.1) is 0 Å².